The van der Waals surface area contributed by atoms with E-state index in [1.165, 1.54) is 0 Å². The fraction of sp³-hybridized carbons (Fsp3) is 0.278. The monoisotopic (exact) mass is 641 g/mol. The van der Waals surface area contributed by atoms with Crippen LogP contribution in [0.4, 0.5) is 17.1 Å². The smallest absolute Gasteiger partial charge is 0.224 e. The van der Waals surface area contributed by atoms with Crippen LogP contribution in [0.25, 0.3) is 0 Å². The molecule has 5 rings (SSSR count). The molecule has 1 saturated heterocycles. The van der Waals surface area contributed by atoms with Crippen molar-refractivity contribution in [2.75, 3.05) is 29.2 Å². The summed E-state index contributed by atoms with van der Waals surface area (Å²) in [7, 11) is 1.67. The number of methoxy groups -OCH3 is 1. The maximum atomic E-state index is 12.6. The van der Waals surface area contributed by atoms with Crippen molar-refractivity contribution < 1.29 is 28.9 Å². The number of nitrogen functional groups attached to an aromatic ring is 1. The fourth-order valence-corrected chi connectivity index (χ4v) is 6.17. The number of hydrogen-bond acceptors (Lipinski definition) is 8. The number of anilines is 3. The van der Waals surface area contributed by atoms with Gasteiger partial charge in [-0.25, -0.2) is 0 Å². The highest BCUT2D eigenvalue weighted by Gasteiger charge is 2.32. The highest BCUT2D eigenvalue weighted by atomic mass is 32.2. The lowest BCUT2D eigenvalue weighted by atomic mass is 10.0. The molecule has 1 aliphatic rings. The van der Waals surface area contributed by atoms with E-state index in [-0.39, 0.29) is 43.5 Å². The van der Waals surface area contributed by atoms with Crippen LogP contribution in [-0.2, 0) is 25.7 Å². The van der Waals surface area contributed by atoms with Gasteiger partial charge < -0.3 is 35.7 Å². The molecule has 1 fully saturated rings. The third kappa shape index (κ3) is 9.11. The van der Waals surface area contributed by atoms with Gasteiger partial charge in [0.25, 0.3) is 0 Å². The molecule has 240 valence electrons. The molecular weight excluding hydrogens is 602 g/mol. The molecule has 10 heteroatoms. The zero-order chi connectivity index (χ0) is 32.3. The number of benzene rings is 4. The minimum Gasteiger partial charge on any atom is -0.496 e. The lowest BCUT2D eigenvalue weighted by Crippen LogP contribution is -2.31. The molecule has 1 heterocycles. The minimum atomic E-state index is -0.610. The second-order valence-corrected chi connectivity index (χ2v) is 12.0. The van der Waals surface area contributed by atoms with Crippen LogP contribution >= 0.6 is 11.8 Å². The van der Waals surface area contributed by atoms with Gasteiger partial charge in [-0.3, -0.25) is 9.59 Å². The molecule has 5 N–H and O–H groups in total. The molecule has 0 saturated carbocycles. The Balaban J connectivity index is 1.18. The first kappa shape index (κ1) is 33.0. The third-order valence-corrected chi connectivity index (χ3v) is 8.80. The molecule has 0 unspecified atom stereocenters. The lowest BCUT2D eigenvalue weighted by Gasteiger charge is -2.36. The van der Waals surface area contributed by atoms with Crippen molar-refractivity contribution in [2.45, 2.75) is 55.7 Å². The van der Waals surface area contributed by atoms with Crippen molar-refractivity contribution >= 4 is 40.6 Å². The van der Waals surface area contributed by atoms with Gasteiger partial charge in [-0.1, -0.05) is 60.7 Å². The Morgan fingerprint density at radius 3 is 2.26 bits per heavy atom. The number of para-hydroxylation sites is 3. The fourth-order valence-electron chi connectivity index (χ4n) is 5.12. The number of carbonyl (C=O) groups is 2. The molecule has 0 bridgehead atoms. The standard InChI is InChI=1S/C36H39N3O6S/c1-43-31-9-4-5-10-33(31)46-23-28-21-32(25-15-13-24(22-40)14-16-25)45-36(44-28)26-17-19-27(20-18-26)38-34(41)11-6-12-35(42)39-30-8-3-2-7-29(30)37/h2-5,7-10,13-20,28,32,36,40H,6,11-12,21-23,37H2,1H3,(H,38,41)(H,39,42)/t28-,32+,36+/m0/s1. The zero-order valence-electron chi connectivity index (χ0n) is 25.7. The van der Waals surface area contributed by atoms with E-state index in [0.29, 0.717) is 35.7 Å². The van der Waals surface area contributed by atoms with Crippen molar-refractivity contribution in [3.63, 3.8) is 0 Å². The van der Waals surface area contributed by atoms with Crippen molar-refractivity contribution in [1.29, 1.82) is 0 Å². The van der Waals surface area contributed by atoms with Gasteiger partial charge in [0, 0.05) is 41.2 Å². The quantitative estimate of drug-likeness (QED) is 0.0920. The van der Waals surface area contributed by atoms with E-state index in [1.807, 2.05) is 72.8 Å². The Hall–Kier alpha value is -4.35. The molecule has 9 nitrogen and oxygen atoms in total. The number of ether oxygens (including phenoxy) is 3. The highest BCUT2D eigenvalue weighted by molar-refractivity contribution is 7.99. The van der Waals surface area contributed by atoms with E-state index in [1.54, 1.807) is 43.1 Å². The number of aliphatic hydroxyl groups is 1. The number of rotatable bonds is 13. The summed E-state index contributed by atoms with van der Waals surface area (Å²) in [5.74, 6) is 1.16. The normalized spacial score (nSPS) is 17.7. The predicted molar refractivity (Wildman–Crippen MR) is 181 cm³/mol. The van der Waals surface area contributed by atoms with E-state index in [9.17, 15) is 14.7 Å². The number of nitrogens with one attached hydrogen (secondary N) is 2. The zero-order valence-corrected chi connectivity index (χ0v) is 26.5. The molecule has 0 spiro atoms. The molecule has 0 aromatic heterocycles. The molecule has 0 radical (unpaired) electrons. The van der Waals surface area contributed by atoms with E-state index in [4.69, 9.17) is 19.9 Å². The van der Waals surface area contributed by atoms with Crippen molar-refractivity contribution in [3.05, 3.63) is 114 Å². The maximum Gasteiger partial charge on any atom is 0.224 e. The van der Waals surface area contributed by atoms with Crippen molar-refractivity contribution in [1.82, 2.24) is 0 Å². The van der Waals surface area contributed by atoms with Gasteiger partial charge in [-0.15, -0.1) is 11.8 Å². The van der Waals surface area contributed by atoms with Gasteiger partial charge in [0.15, 0.2) is 6.29 Å². The number of thioether (sulfide) groups is 1. The van der Waals surface area contributed by atoms with Gasteiger partial charge in [0.05, 0.1) is 37.3 Å². The number of nitrogens with two attached hydrogens (primary N) is 1. The van der Waals surface area contributed by atoms with Crippen LogP contribution < -0.4 is 21.1 Å². The van der Waals surface area contributed by atoms with Gasteiger partial charge in [0.2, 0.25) is 11.8 Å². The van der Waals surface area contributed by atoms with Gasteiger partial charge in [0.1, 0.15) is 5.75 Å². The Morgan fingerprint density at radius 1 is 0.870 bits per heavy atom. The number of aliphatic hydroxyl groups excluding tert-OH is 1. The second kappa shape index (κ2) is 16.3. The van der Waals surface area contributed by atoms with Crippen LogP contribution in [0, 0.1) is 0 Å². The molecule has 4 aromatic rings. The van der Waals surface area contributed by atoms with Crippen LogP contribution in [0.3, 0.4) is 0 Å². The molecular formula is C36H39N3O6S. The summed E-state index contributed by atoms with van der Waals surface area (Å²) in [6.45, 7) is -0.0161. The minimum absolute atomic E-state index is 0.0161. The number of hydrogen-bond donors (Lipinski definition) is 4. The number of amides is 2. The molecule has 46 heavy (non-hydrogen) atoms. The van der Waals surface area contributed by atoms with Gasteiger partial charge in [-0.2, -0.15) is 0 Å². The molecule has 4 aromatic carbocycles. The van der Waals surface area contributed by atoms with Gasteiger partial charge in [-0.05, 0) is 53.9 Å². The second-order valence-electron chi connectivity index (χ2n) is 11.0. The van der Waals surface area contributed by atoms with E-state index >= 15 is 0 Å². The summed E-state index contributed by atoms with van der Waals surface area (Å²) in [5.41, 5.74) is 10.3. The van der Waals surface area contributed by atoms with E-state index < -0.39 is 6.29 Å². The van der Waals surface area contributed by atoms with E-state index in [2.05, 4.69) is 10.6 Å². The Kier molecular flexibility index (Phi) is 11.7. The summed E-state index contributed by atoms with van der Waals surface area (Å²) in [6, 6.07) is 30.2. The summed E-state index contributed by atoms with van der Waals surface area (Å²) in [4.78, 5) is 25.9. The molecule has 2 amide bonds. The average Bonchev–Trinajstić information content (AvgIpc) is 3.08. The largest absolute Gasteiger partial charge is 0.496 e. The maximum absolute atomic E-state index is 12.6. The molecule has 1 aliphatic heterocycles. The first-order chi connectivity index (χ1) is 22.4. The van der Waals surface area contributed by atoms with Crippen LogP contribution in [0.1, 0.15) is 54.8 Å². The molecule has 0 aliphatic carbocycles. The Labute approximate surface area is 273 Å². The van der Waals surface area contributed by atoms with Crippen molar-refractivity contribution in [3.8, 4) is 5.75 Å². The highest BCUT2D eigenvalue weighted by Crippen LogP contribution is 2.40. The third-order valence-electron chi connectivity index (χ3n) is 7.62. The summed E-state index contributed by atoms with van der Waals surface area (Å²) in [5, 5.41) is 15.2. The SMILES string of the molecule is COc1ccccc1SC[C@@H]1C[C@H](c2ccc(CO)cc2)O[C@H](c2ccc(NC(=O)CCCC(=O)Nc3ccccc3N)cc2)O1. The first-order valence-electron chi connectivity index (χ1n) is 15.2. The van der Waals surface area contributed by atoms with E-state index in [0.717, 1.165) is 27.3 Å². The summed E-state index contributed by atoms with van der Waals surface area (Å²) < 4.78 is 18.4. The van der Waals surface area contributed by atoms with Crippen LogP contribution in [0.5, 0.6) is 5.75 Å². The van der Waals surface area contributed by atoms with Crippen LogP contribution in [0.15, 0.2) is 102 Å². The number of carbonyl (C=O) groups excluding carboxylic acids is 2. The lowest BCUT2D eigenvalue weighted by molar-refractivity contribution is -0.245. The van der Waals surface area contributed by atoms with Crippen molar-refractivity contribution in [2.24, 2.45) is 0 Å². The summed E-state index contributed by atoms with van der Waals surface area (Å²) >= 11 is 1.68. The molecule has 3 atom stereocenters. The predicted octanol–water partition coefficient (Wildman–Crippen LogP) is 6.85. The Morgan fingerprint density at radius 2 is 1.54 bits per heavy atom. The summed E-state index contributed by atoms with van der Waals surface area (Å²) in [6.07, 6.45) is 0.564. The Bertz CT molecular complexity index is 1600. The first-order valence-corrected chi connectivity index (χ1v) is 16.2. The average molecular weight is 642 g/mol. The van der Waals surface area contributed by atoms with Crippen LogP contribution in [-0.4, -0.2) is 35.9 Å². The topological polar surface area (TPSA) is 132 Å². The van der Waals surface area contributed by atoms with Gasteiger partial charge >= 0.3 is 0 Å². The van der Waals surface area contributed by atoms with Crippen LogP contribution in [0.2, 0.25) is 0 Å².